The maximum absolute atomic E-state index is 11.3. The standard InChI is InChI=1S/C8H15N3O4.2C4H10/c1-9-7(13)5-11(2)8(14)4-3-6(12)10-15;2*1-4(2)3/h15H,3-5H2,1-2H3,(H,9,13)(H,10,12);2*4H,1-3H3. The number of likely N-dealkylation sites (N-methyl/N-ethyl adjacent to an activating group) is 2. The smallest absolute Gasteiger partial charge is 0.243 e. The Bertz CT molecular complexity index is 320. The van der Waals surface area contributed by atoms with Crippen LogP contribution in [0.4, 0.5) is 0 Å². The summed E-state index contributed by atoms with van der Waals surface area (Å²) in [7, 11) is 2.94. The van der Waals surface area contributed by atoms with Crippen molar-refractivity contribution in [1.82, 2.24) is 15.7 Å². The van der Waals surface area contributed by atoms with Gasteiger partial charge in [-0.15, -0.1) is 0 Å². The fourth-order valence-corrected chi connectivity index (χ4v) is 0.850. The van der Waals surface area contributed by atoms with Crippen LogP contribution in [0, 0.1) is 11.8 Å². The molecule has 0 aromatic carbocycles. The van der Waals surface area contributed by atoms with E-state index < -0.39 is 5.91 Å². The quantitative estimate of drug-likeness (QED) is 0.528. The zero-order valence-corrected chi connectivity index (χ0v) is 15.9. The molecule has 0 saturated carbocycles. The van der Waals surface area contributed by atoms with E-state index in [0.717, 1.165) is 11.8 Å². The van der Waals surface area contributed by atoms with E-state index in [2.05, 4.69) is 46.9 Å². The average molecular weight is 333 g/mol. The van der Waals surface area contributed by atoms with E-state index in [0.29, 0.717) is 0 Å². The molecule has 0 aliphatic rings. The molecule has 0 bridgehead atoms. The molecule has 7 heteroatoms. The first kappa shape index (κ1) is 26.3. The van der Waals surface area contributed by atoms with Crippen LogP contribution >= 0.6 is 0 Å². The van der Waals surface area contributed by atoms with Gasteiger partial charge in [-0.05, 0) is 11.8 Å². The van der Waals surface area contributed by atoms with Crippen LogP contribution in [0.25, 0.3) is 0 Å². The van der Waals surface area contributed by atoms with Crippen molar-refractivity contribution < 1.29 is 19.6 Å². The summed E-state index contributed by atoms with van der Waals surface area (Å²) in [5, 5.41) is 10.6. The molecule has 3 amide bonds. The molecule has 0 aliphatic heterocycles. The van der Waals surface area contributed by atoms with Gasteiger partial charge in [0.25, 0.3) is 0 Å². The Labute approximate surface area is 140 Å². The summed E-state index contributed by atoms with van der Waals surface area (Å²) in [6.45, 7) is 13.0. The SMILES string of the molecule is CC(C)C.CC(C)C.CNC(=O)CN(C)C(=O)CCC(=O)NO. The van der Waals surface area contributed by atoms with Crippen molar-refractivity contribution in [3.05, 3.63) is 0 Å². The summed E-state index contributed by atoms with van der Waals surface area (Å²) in [6.07, 6.45) is -0.146. The molecule has 0 aromatic heterocycles. The Morgan fingerprint density at radius 2 is 1.30 bits per heavy atom. The minimum atomic E-state index is -0.628. The molecule has 0 saturated heterocycles. The fraction of sp³-hybridized carbons (Fsp3) is 0.812. The summed E-state index contributed by atoms with van der Waals surface area (Å²) in [5.41, 5.74) is 1.42. The number of amides is 3. The van der Waals surface area contributed by atoms with E-state index >= 15 is 0 Å². The van der Waals surface area contributed by atoms with Crippen LogP contribution in [0.5, 0.6) is 0 Å². The van der Waals surface area contributed by atoms with Crippen molar-refractivity contribution in [3.63, 3.8) is 0 Å². The van der Waals surface area contributed by atoms with Gasteiger partial charge in [0.2, 0.25) is 17.7 Å². The molecule has 7 nitrogen and oxygen atoms in total. The lowest BCUT2D eigenvalue weighted by Crippen LogP contribution is -2.37. The first-order valence-corrected chi connectivity index (χ1v) is 7.85. The van der Waals surface area contributed by atoms with Gasteiger partial charge in [-0.2, -0.15) is 0 Å². The van der Waals surface area contributed by atoms with Crippen molar-refractivity contribution >= 4 is 17.7 Å². The van der Waals surface area contributed by atoms with Gasteiger partial charge in [0.15, 0.2) is 0 Å². The summed E-state index contributed by atoms with van der Waals surface area (Å²) < 4.78 is 0. The van der Waals surface area contributed by atoms with E-state index in [1.165, 1.54) is 24.5 Å². The molecule has 0 fully saturated rings. The molecule has 0 atom stereocenters. The van der Waals surface area contributed by atoms with Crippen molar-refractivity contribution in [1.29, 1.82) is 0 Å². The lowest BCUT2D eigenvalue weighted by molar-refractivity contribution is -0.137. The monoisotopic (exact) mass is 333 g/mol. The Kier molecular flexibility index (Phi) is 19.1. The van der Waals surface area contributed by atoms with Crippen LogP contribution in [-0.2, 0) is 14.4 Å². The highest BCUT2D eigenvalue weighted by Crippen LogP contribution is 1.95. The fourth-order valence-electron chi connectivity index (χ4n) is 0.850. The second-order valence-corrected chi connectivity index (χ2v) is 6.42. The molecule has 0 aliphatic carbocycles. The van der Waals surface area contributed by atoms with Gasteiger partial charge in [-0.1, -0.05) is 41.5 Å². The molecule has 138 valence electrons. The third kappa shape index (κ3) is 29.1. The van der Waals surface area contributed by atoms with E-state index in [1.807, 2.05) is 0 Å². The molecular weight excluding hydrogens is 298 g/mol. The van der Waals surface area contributed by atoms with E-state index in [1.54, 1.807) is 0 Å². The maximum atomic E-state index is 11.3. The van der Waals surface area contributed by atoms with E-state index in [-0.39, 0.29) is 31.2 Å². The largest absolute Gasteiger partial charge is 0.358 e. The molecule has 3 N–H and O–H groups in total. The molecule has 0 radical (unpaired) electrons. The zero-order chi connectivity index (χ0) is 19.0. The molecule has 23 heavy (non-hydrogen) atoms. The molecule has 0 rings (SSSR count). The highest BCUT2D eigenvalue weighted by Gasteiger charge is 2.13. The first-order valence-electron chi connectivity index (χ1n) is 7.85. The van der Waals surface area contributed by atoms with Crippen molar-refractivity contribution in [2.24, 2.45) is 11.8 Å². The molecule has 0 heterocycles. The van der Waals surface area contributed by atoms with Crippen LogP contribution < -0.4 is 10.8 Å². The average Bonchev–Trinajstić information content (AvgIpc) is 2.42. The van der Waals surface area contributed by atoms with Gasteiger partial charge < -0.3 is 10.2 Å². The van der Waals surface area contributed by atoms with Crippen LogP contribution in [0.15, 0.2) is 0 Å². The summed E-state index contributed by atoms with van der Waals surface area (Å²) in [4.78, 5) is 34.0. The van der Waals surface area contributed by atoms with Crippen molar-refractivity contribution in [3.8, 4) is 0 Å². The van der Waals surface area contributed by atoms with Crippen molar-refractivity contribution in [2.45, 2.75) is 54.4 Å². The number of nitrogens with zero attached hydrogens (tertiary/aromatic N) is 1. The topological polar surface area (TPSA) is 98.7 Å². The van der Waals surface area contributed by atoms with Gasteiger partial charge in [0.05, 0.1) is 6.54 Å². The van der Waals surface area contributed by atoms with Gasteiger partial charge in [0, 0.05) is 26.9 Å². The van der Waals surface area contributed by atoms with E-state index in [9.17, 15) is 14.4 Å². The number of hydrogen-bond donors (Lipinski definition) is 3. The summed E-state index contributed by atoms with van der Waals surface area (Å²) >= 11 is 0. The molecule has 0 unspecified atom stereocenters. The van der Waals surface area contributed by atoms with Crippen LogP contribution in [-0.4, -0.2) is 48.5 Å². The normalized spacial score (nSPS) is 9.17. The molecule has 0 aromatic rings. The Balaban J connectivity index is -0.000000413. The third-order valence-corrected chi connectivity index (χ3v) is 1.78. The lowest BCUT2D eigenvalue weighted by Gasteiger charge is -2.15. The minimum absolute atomic E-state index is 0.0418. The number of rotatable bonds is 5. The lowest BCUT2D eigenvalue weighted by atomic mass is 10.2. The van der Waals surface area contributed by atoms with Crippen LogP contribution in [0.3, 0.4) is 0 Å². The summed E-state index contributed by atoms with van der Waals surface area (Å²) in [6, 6.07) is 0. The predicted octanol–water partition coefficient (Wildman–Crippen LogP) is 1.80. The van der Waals surface area contributed by atoms with Gasteiger partial charge in [-0.25, -0.2) is 5.48 Å². The number of hydroxylamine groups is 1. The Hall–Kier alpha value is -1.63. The first-order chi connectivity index (χ1) is 10.5. The number of carbonyl (C=O) groups is 3. The van der Waals surface area contributed by atoms with E-state index in [4.69, 9.17) is 5.21 Å². The number of hydrogen-bond acceptors (Lipinski definition) is 4. The highest BCUT2D eigenvalue weighted by molar-refractivity contribution is 5.86. The molecule has 0 spiro atoms. The maximum Gasteiger partial charge on any atom is 0.243 e. The minimum Gasteiger partial charge on any atom is -0.358 e. The van der Waals surface area contributed by atoms with Gasteiger partial charge in [-0.3, -0.25) is 19.6 Å². The Morgan fingerprint density at radius 3 is 1.61 bits per heavy atom. The third-order valence-electron chi connectivity index (χ3n) is 1.78. The van der Waals surface area contributed by atoms with Crippen LogP contribution in [0.1, 0.15) is 54.4 Å². The number of carbonyl (C=O) groups excluding carboxylic acids is 3. The van der Waals surface area contributed by atoms with Gasteiger partial charge in [0.1, 0.15) is 0 Å². The number of nitrogens with one attached hydrogen (secondary N) is 2. The Morgan fingerprint density at radius 1 is 0.913 bits per heavy atom. The van der Waals surface area contributed by atoms with Crippen molar-refractivity contribution in [2.75, 3.05) is 20.6 Å². The second-order valence-electron chi connectivity index (χ2n) is 6.42. The highest BCUT2D eigenvalue weighted by atomic mass is 16.5. The molecular formula is C16H35N3O4. The second kappa shape index (κ2) is 16.7. The zero-order valence-electron chi connectivity index (χ0n) is 15.9. The van der Waals surface area contributed by atoms with Crippen LogP contribution in [0.2, 0.25) is 0 Å². The predicted molar refractivity (Wildman–Crippen MR) is 91.9 cm³/mol. The van der Waals surface area contributed by atoms with Gasteiger partial charge >= 0.3 is 0 Å². The summed E-state index contributed by atoms with van der Waals surface area (Å²) in [5.74, 6) is 0.427.